The quantitative estimate of drug-likeness (QED) is 0.520. The summed E-state index contributed by atoms with van der Waals surface area (Å²) in [5.74, 6) is 0.355. The number of nitrogens with one attached hydrogen (secondary N) is 1. The van der Waals surface area contributed by atoms with Crippen LogP contribution in [0.15, 0.2) is 83.8 Å². The Hall–Kier alpha value is -3.83. The molecule has 3 aromatic rings. The molecule has 0 heterocycles. The molecule has 8 heteroatoms. The number of amides is 1. The Labute approximate surface area is 187 Å². The van der Waals surface area contributed by atoms with Crippen LogP contribution in [0.1, 0.15) is 23.7 Å². The standard InChI is InChI=1S/C24H23N3O4S/c1-2-31-22-13-11-21(12-14-22)27(18-6-17-25)24(28)19-9-15-23(16-10-19)32(29,30)26-20-7-4-3-5-8-20/h3-5,7-16,26H,2,6,18H2,1H3. The first-order chi connectivity index (χ1) is 15.4. The minimum absolute atomic E-state index is 0.0440. The maximum absolute atomic E-state index is 13.1. The van der Waals surface area contributed by atoms with Gasteiger partial charge in [-0.05, 0) is 67.6 Å². The van der Waals surface area contributed by atoms with Gasteiger partial charge in [0.05, 0.1) is 24.0 Å². The SMILES string of the molecule is CCOc1ccc(N(CCC#N)C(=O)c2ccc(S(=O)(=O)Nc3ccccc3)cc2)cc1. The number of nitrogens with zero attached hydrogens (tertiary/aromatic N) is 2. The van der Waals surface area contributed by atoms with Gasteiger partial charge in [-0.1, -0.05) is 18.2 Å². The van der Waals surface area contributed by atoms with Crippen LogP contribution in [-0.2, 0) is 10.0 Å². The van der Waals surface area contributed by atoms with Crippen molar-refractivity contribution in [3.8, 4) is 11.8 Å². The van der Waals surface area contributed by atoms with Crippen LogP contribution in [-0.4, -0.2) is 27.5 Å². The van der Waals surface area contributed by atoms with Crippen LogP contribution >= 0.6 is 0 Å². The summed E-state index contributed by atoms with van der Waals surface area (Å²) in [7, 11) is -3.78. The number of nitriles is 1. The highest BCUT2D eigenvalue weighted by Gasteiger charge is 2.20. The molecule has 0 spiro atoms. The highest BCUT2D eigenvalue weighted by atomic mass is 32.2. The monoisotopic (exact) mass is 449 g/mol. The van der Waals surface area contributed by atoms with E-state index < -0.39 is 10.0 Å². The second-order valence-electron chi connectivity index (χ2n) is 6.79. The molecule has 7 nitrogen and oxygen atoms in total. The van der Waals surface area contributed by atoms with Crippen LogP contribution in [0.25, 0.3) is 0 Å². The molecule has 0 aliphatic carbocycles. The zero-order chi connectivity index (χ0) is 23.0. The lowest BCUT2D eigenvalue weighted by Gasteiger charge is -2.22. The van der Waals surface area contributed by atoms with Gasteiger partial charge in [0.2, 0.25) is 0 Å². The molecule has 0 atom stereocenters. The topological polar surface area (TPSA) is 99.5 Å². The van der Waals surface area contributed by atoms with Gasteiger partial charge in [0.1, 0.15) is 5.75 Å². The third-order valence-corrected chi connectivity index (χ3v) is 5.99. The molecule has 0 aliphatic heterocycles. The number of carbonyl (C=O) groups is 1. The lowest BCUT2D eigenvalue weighted by Crippen LogP contribution is -2.31. The van der Waals surface area contributed by atoms with Gasteiger partial charge in [-0.15, -0.1) is 0 Å². The average molecular weight is 450 g/mol. The van der Waals surface area contributed by atoms with E-state index in [2.05, 4.69) is 10.8 Å². The number of hydrogen-bond donors (Lipinski definition) is 1. The molecule has 32 heavy (non-hydrogen) atoms. The molecule has 1 amide bonds. The van der Waals surface area contributed by atoms with Crippen LogP contribution < -0.4 is 14.4 Å². The molecule has 0 fully saturated rings. The Balaban J connectivity index is 1.81. The fourth-order valence-corrected chi connectivity index (χ4v) is 4.11. The highest BCUT2D eigenvalue weighted by Crippen LogP contribution is 2.23. The summed E-state index contributed by atoms with van der Waals surface area (Å²) in [5, 5.41) is 8.99. The van der Waals surface area contributed by atoms with Crippen LogP contribution in [0, 0.1) is 11.3 Å². The van der Waals surface area contributed by atoms with Crippen LogP contribution in [0.2, 0.25) is 0 Å². The summed E-state index contributed by atoms with van der Waals surface area (Å²) in [4.78, 5) is 14.7. The van der Waals surface area contributed by atoms with Gasteiger partial charge in [0.15, 0.2) is 0 Å². The number of ether oxygens (including phenoxy) is 1. The van der Waals surface area contributed by atoms with Crippen LogP contribution in [0.3, 0.4) is 0 Å². The van der Waals surface area contributed by atoms with Crippen molar-refractivity contribution < 1.29 is 17.9 Å². The summed E-state index contributed by atoms with van der Waals surface area (Å²) in [6.07, 6.45) is 0.159. The number of rotatable bonds is 9. The molecular weight excluding hydrogens is 426 g/mol. The Morgan fingerprint density at radius 2 is 1.66 bits per heavy atom. The first-order valence-electron chi connectivity index (χ1n) is 10.0. The fraction of sp³-hybridized carbons (Fsp3) is 0.167. The zero-order valence-electron chi connectivity index (χ0n) is 17.6. The maximum atomic E-state index is 13.1. The smallest absolute Gasteiger partial charge is 0.261 e. The minimum atomic E-state index is -3.78. The van der Waals surface area contributed by atoms with E-state index in [-0.39, 0.29) is 23.8 Å². The second-order valence-corrected chi connectivity index (χ2v) is 8.47. The van der Waals surface area contributed by atoms with Gasteiger partial charge in [-0.3, -0.25) is 9.52 Å². The van der Waals surface area contributed by atoms with Gasteiger partial charge in [0, 0.05) is 23.5 Å². The predicted octanol–water partition coefficient (Wildman–Crippen LogP) is 4.45. The number of para-hydroxylation sites is 1. The average Bonchev–Trinajstić information content (AvgIpc) is 2.81. The summed E-state index contributed by atoms with van der Waals surface area (Å²) in [6, 6.07) is 23.4. The lowest BCUT2D eigenvalue weighted by atomic mass is 10.1. The van der Waals surface area contributed by atoms with E-state index in [1.54, 1.807) is 54.6 Å². The number of benzene rings is 3. The molecule has 0 saturated carbocycles. The summed E-state index contributed by atoms with van der Waals surface area (Å²) >= 11 is 0. The number of anilines is 2. The normalized spacial score (nSPS) is 10.8. The van der Waals surface area contributed by atoms with E-state index in [1.165, 1.54) is 29.2 Å². The molecule has 0 unspecified atom stereocenters. The van der Waals surface area contributed by atoms with Crippen molar-refractivity contribution in [3.05, 3.63) is 84.4 Å². The van der Waals surface area contributed by atoms with Crippen molar-refractivity contribution in [2.45, 2.75) is 18.2 Å². The summed E-state index contributed by atoms with van der Waals surface area (Å²) < 4.78 is 33.2. The minimum Gasteiger partial charge on any atom is -0.494 e. The molecule has 3 rings (SSSR count). The zero-order valence-corrected chi connectivity index (χ0v) is 18.4. The van der Waals surface area contributed by atoms with Crippen molar-refractivity contribution in [1.29, 1.82) is 5.26 Å². The van der Waals surface area contributed by atoms with E-state index in [1.807, 2.05) is 6.92 Å². The molecule has 164 valence electrons. The number of carbonyl (C=O) groups excluding carboxylic acids is 1. The fourth-order valence-electron chi connectivity index (χ4n) is 3.05. The largest absolute Gasteiger partial charge is 0.494 e. The number of sulfonamides is 1. The van der Waals surface area contributed by atoms with E-state index in [9.17, 15) is 13.2 Å². The Morgan fingerprint density at radius 3 is 2.25 bits per heavy atom. The molecule has 3 aromatic carbocycles. The Bertz CT molecular complexity index is 1190. The van der Waals surface area contributed by atoms with Gasteiger partial charge in [0.25, 0.3) is 15.9 Å². The van der Waals surface area contributed by atoms with E-state index in [0.717, 1.165) is 0 Å². The Kier molecular flexibility index (Phi) is 7.47. The number of hydrogen-bond acceptors (Lipinski definition) is 5. The van der Waals surface area contributed by atoms with Crippen molar-refractivity contribution in [3.63, 3.8) is 0 Å². The molecule has 0 aromatic heterocycles. The third kappa shape index (κ3) is 5.65. The third-order valence-electron chi connectivity index (χ3n) is 4.59. The van der Waals surface area contributed by atoms with Crippen molar-refractivity contribution in [2.24, 2.45) is 0 Å². The molecule has 0 bridgehead atoms. The predicted molar refractivity (Wildman–Crippen MR) is 123 cm³/mol. The van der Waals surface area contributed by atoms with E-state index >= 15 is 0 Å². The highest BCUT2D eigenvalue weighted by molar-refractivity contribution is 7.92. The first-order valence-corrected chi connectivity index (χ1v) is 11.5. The summed E-state index contributed by atoms with van der Waals surface area (Å²) in [5.41, 5.74) is 1.39. The van der Waals surface area contributed by atoms with Crippen molar-refractivity contribution >= 4 is 27.3 Å². The molecule has 0 aliphatic rings. The van der Waals surface area contributed by atoms with Crippen molar-refractivity contribution in [2.75, 3.05) is 22.8 Å². The van der Waals surface area contributed by atoms with Gasteiger partial charge < -0.3 is 9.64 Å². The molecule has 1 N–H and O–H groups in total. The van der Waals surface area contributed by atoms with Gasteiger partial charge in [-0.2, -0.15) is 5.26 Å². The van der Waals surface area contributed by atoms with Gasteiger partial charge >= 0.3 is 0 Å². The lowest BCUT2D eigenvalue weighted by molar-refractivity contribution is 0.0987. The van der Waals surface area contributed by atoms with E-state index in [0.29, 0.717) is 29.3 Å². The Morgan fingerprint density at radius 1 is 1.00 bits per heavy atom. The van der Waals surface area contributed by atoms with Gasteiger partial charge in [-0.25, -0.2) is 8.42 Å². The van der Waals surface area contributed by atoms with Crippen molar-refractivity contribution in [1.82, 2.24) is 0 Å². The first kappa shape index (κ1) is 22.8. The maximum Gasteiger partial charge on any atom is 0.261 e. The molecule has 0 saturated heterocycles. The molecule has 0 radical (unpaired) electrons. The summed E-state index contributed by atoms with van der Waals surface area (Å²) in [6.45, 7) is 2.62. The van der Waals surface area contributed by atoms with Crippen LogP contribution in [0.5, 0.6) is 5.75 Å². The molecular formula is C24H23N3O4S. The second kappa shape index (κ2) is 10.5. The van der Waals surface area contributed by atoms with Crippen LogP contribution in [0.4, 0.5) is 11.4 Å². The van der Waals surface area contributed by atoms with E-state index in [4.69, 9.17) is 10.00 Å².